The summed E-state index contributed by atoms with van der Waals surface area (Å²) in [6, 6.07) is 1.24. The van der Waals surface area contributed by atoms with Gasteiger partial charge in [0.25, 0.3) is 0 Å². The predicted molar refractivity (Wildman–Crippen MR) is 290 cm³/mol. The molecule has 1 aliphatic rings. The van der Waals surface area contributed by atoms with Crippen LogP contribution in [0, 0.1) is 0 Å². The second-order valence-electron chi connectivity index (χ2n) is 17.2. The minimum Gasteiger partial charge on any atom is -0.462 e. The minimum absolute atomic E-state index is 0.0155. The van der Waals surface area contributed by atoms with Crippen LogP contribution in [-0.2, 0) is 46.3 Å². The first-order chi connectivity index (χ1) is 36.0. The van der Waals surface area contributed by atoms with Crippen LogP contribution in [0.1, 0.15) is 129 Å². The first-order valence-electron chi connectivity index (χ1n) is 25.6. The highest BCUT2D eigenvalue weighted by molar-refractivity contribution is 7.61. The number of aromatic nitrogens is 2. The van der Waals surface area contributed by atoms with E-state index < -0.39 is 83.7 Å². The fourth-order valence-electron chi connectivity index (χ4n) is 6.64. The number of nitrogens with two attached hydrogens (primary N) is 1. The molecule has 2 rings (SSSR count). The number of allylic oxidation sites excluding steroid dienone is 20. The van der Waals surface area contributed by atoms with E-state index in [1.165, 1.54) is 6.07 Å². The van der Waals surface area contributed by atoms with Gasteiger partial charge in [-0.05, 0) is 109 Å². The molecule has 0 aromatic carbocycles. The van der Waals surface area contributed by atoms with Gasteiger partial charge in [-0.1, -0.05) is 128 Å². The zero-order valence-electron chi connectivity index (χ0n) is 43.4. The largest absolute Gasteiger partial charge is 0.481 e. The van der Waals surface area contributed by atoms with E-state index in [9.17, 15) is 48.6 Å². The van der Waals surface area contributed by atoms with Crippen LogP contribution < -0.4 is 11.4 Å². The average Bonchev–Trinajstić information content (AvgIpc) is 3.64. The standard InChI is InChI=1S/C54H81N3O16P2/c1-3-4-5-6-7-8-9-10-11-12-13-14-17-21-24-27-30-33-36-39-50(60)71-46(42-68-49(59)38-35-32-29-26-23-20-18-15-16-19-22-25-28-31-34-37-45(2)58)43-69-74(64,65)73-75(66,67)70-44-47-51(61)52(62)53(72-47)57-41-40-48(55)56-54(57)63/h4-5,7-8,10-11,13-14,16,18-21,24-26,28-30,33,40-41,45-47,51-53,58,61-62H,3,6,9,12,15,17,22-23,27,31-32,34-39,42-44H2,1-2H3,(H,64,65)(H,66,67)(H2,55,56,63)/b5-4-,8-7-,11-10-,14-13-,19-16-,20-18-,24-21-,28-25-,29-26-,33-30-/t45-,46-,47-,51-,52-,53-/m1/s1. The number of phosphoric ester groups is 2. The Morgan fingerprint density at radius 1 is 0.693 bits per heavy atom. The van der Waals surface area contributed by atoms with Gasteiger partial charge in [0.15, 0.2) is 12.3 Å². The van der Waals surface area contributed by atoms with Crippen molar-refractivity contribution in [3.63, 3.8) is 0 Å². The second-order valence-corrected chi connectivity index (χ2v) is 20.3. The van der Waals surface area contributed by atoms with Crippen molar-refractivity contribution >= 4 is 33.4 Å². The fourth-order valence-corrected chi connectivity index (χ4v) is 8.75. The van der Waals surface area contributed by atoms with Gasteiger partial charge in [-0.2, -0.15) is 9.29 Å². The Balaban J connectivity index is 1.86. The molecule has 0 amide bonds. The monoisotopic (exact) mass is 1090 g/mol. The molecule has 0 spiro atoms. The highest BCUT2D eigenvalue weighted by Gasteiger charge is 2.46. The fraction of sp³-hybridized carbons (Fsp3) is 0.519. The van der Waals surface area contributed by atoms with Gasteiger partial charge in [-0.3, -0.25) is 23.2 Å². The van der Waals surface area contributed by atoms with Crippen molar-refractivity contribution in [2.45, 2.75) is 160 Å². The Labute approximate surface area is 442 Å². The van der Waals surface area contributed by atoms with Crippen LogP contribution in [0.3, 0.4) is 0 Å². The van der Waals surface area contributed by atoms with Gasteiger partial charge in [0, 0.05) is 19.0 Å². The first kappa shape index (κ1) is 66.2. The molecule has 0 saturated carbocycles. The Morgan fingerprint density at radius 2 is 1.17 bits per heavy atom. The van der Waals surface area contributed by atoms with E-state index in [4.69, 9.17) is 29.0 Å². The van der Waals surface area contributed by atoms with Crippen molar-refractivity contribution in [3.8, 4) is 0 Å². The number of unbranched alkanes of at least 4 members (excludes halogenated alkanes) is 2. The van der Waals surface area contributed by atoms with Crippen LogP contribution in [0.2, 0.25) is 0 Å². The lowest BCUT2D eigenvalue weighted by Crippen LogP contribution is -2.36. The highest BCUT2D eigenvalue weighted by Crippen LogP contribution is 2.60. The summed E-state index contributed by atoms with van der Waals surface area (Å²) in [5.41, 5.74) is 4.57. The summed E-state index contributed by atoms with van der Waals surface area (Å²) in [5, 5.41) is 30.2. The molecule has 0 aliphatic carbocycles. The normalized spacial score (nSPS) is 20.2. The zero-order valence-corrected chi connectivity index (χ0v) is 45.2. The van der Waals surface area contributed by atoms with Gasteiger partial charge < -0.3 is 45.1 Å². The maximum absolute atomic E-state index is 12.9. The summed E-state index contributed by atoms with van der Waals surface area (Å²) in [6.45, 7) is 1.45. The lowest BCUT2D eigenvalue weighted by Gasteiger charge is -2.21. The van der Waals surface area contributed by atoms with Crippen molar-refractivity contribution in [1.82, 2.24) is 9.55 Å². The molecule has 0 bridgehead atoms. The smallest absolute Gasteiger partial charge is 0.462 e. The van der Waals surface area contributed by atoms with Crippen LogP contribution in [0.4, 0.5) is 5.82 Å². The first-order valence-corrected chi connectivity index (χ1v) is 28.6. The third-order valence-electron chi connectivity index (χ3n) is 10.6. The topological polar surface area (TPSA) is 286 Å². The van der Waals surface area contributed by atoms with Crippen molar-refractivity contribution in [2.75, 3.05) is 25.6 Å². The molecule has 1 aromatic heterocycles. The van der Waals surface area contributed by atoms with Crippen molar-refractivity contribution in [3.05, 3.63) is 144 Å². The van der Waals surface area contributed by atoms with Crippen LogP contribution >= 0.6 is 15.6 Å². The van der Waals surface area contributed by atoms with Gasteiger partial charge >= 0.3 is 33.3 Å². The number of hydrogen-bond donors (Lipinski definition) is 6. The van der Waals surface area contributed by atoms with E-state index in [1.54, 1.807) is 13.0 Å². The van der Waals surface area contributed by atoms with Gasteiger partial charge in [0.05, 0.1) is 19.3 Å². The molecule has 0 radical (unpaired) electrons. The number of aliphatic hydroxyl groups is 3. The average molecular weight is 1090 g/mol. The molecule has 75 heavy (non-hydrogen) atoms. The molecule has 418 valence electrons. The summed E-state index contributed by atoms with van der Waals surface area (Å²) < 4.78 is 56.6. The van der Waals surface area contributed by atoms with Crippen LogP contribution in [0.15, 0.2) is 139 Å². The van der Waals surface area contributed by atoms with E-state index in [0.717, 1.165) is 81.4 Å². The maximum Gasteiger partial charge on any atom is 0.481 e. The number of hydrogen-bond acceptors (Lipinski definition) is 16. The molecule has 1 saturated heterocycles. The number of ether oxygens (including phenoxy) is 3. The molecule has 1 aromatic rings. The maximum atomic E-state index is 12.9. The number of esters is 2. The Kier molecular flexibility index (Phi) is 35.7. The van der Waals surface area contributed by atoms with Crippen LogP contribution in [-0.4, -0.2) is 96.9 Å². The van der Waals surface area contributed by atoms with Crippen LogP contribution in [0.25, 0.3) is 0 Å². The van der Waals surface area contributed by atoms with Gasteiger partial charge in [-0.25, -0.2) is 13.9 Å². The second kappa shape index (κ2) is 40.4. The number of aliphatic hydroxyl groups excluding tert-OH is 3. The van der Waals surface area contributed by atoms with Crippen molar-refractivity contribution in [1.29, 1.82) is 0 Å². The number of carbonyl (C=O) groups excluding carboxylic acids is 2. The van der Waals surface area contributed by atoms with Gasteiger partial charge in [0.1, 0.15) is 30.7 Å². The molecule has 7 N–H and O–H groups in total. The number of nitrogen functional groups attached to an aromatic ring is 1. The van der Waals surface area contributed by atoms with Crippen molar-refractivity contribution < 1.29 is 71.4 Å². The molecular formula is C54H81N3O16P2. The number of nitrogens with zero attached hydrogens (tertiary/aromatic N) is 2. The van der Waals surface area contributed by atoms with Gasteiger partial charge in [-0.15, -0.1) is 0 Å². The molecular weight excluding hydrogens is 1010 g/mol. The highest BCUT2D eigenvalue weighted by atomic mass is 31.3. The Morgan fingerprint density at radius 3 is 1.68 bits per heavy atom. The zero-order chi connectivity index (χ0) is 55.0. The Hall–Kier alpha value is -4.88. The third kappa shape index (κ3) is 33.7. The van der Waals surface area contributed by atoms with Gasteiger partial charge in [0.2, 0.25) is 0 Å². The SMILES string of the molecule is CC/C=C\C/C=C\C/C=C\C/C=C\C/C=C\C/C=C\CCC(=O)O[C@H](COC(=O)CCC/C=C\C/C=C\C/C=C\C/C=C\CCC[C@@H](C)O)COP(=O)(O)OP(=O)(O)OC[C@H]1O[C@@H](n2ccc(N)nc2=O)[C@H](O)[C@@H]1O. The van der Waals surface area contributed by atoms with Crippen LogP contribution in [0.5, 0.6) is 0 Å². The quantitative estimate of drug-likeness (QED) is 0.0154. The minimum atomic E-state index is -5.47. The lowest BCUT2D eigenvalue weighted by molar-refractivity contribution is -0.161. The molecule has 1 fully saturated rings. The number of phosphoric acid groups is 2. The summed E-state index contributed by atoms with van der Waals surface area (Å²) in [7, 11) is -10.9. The number of carbonyl (C=O) groups is 2. The summed E-state index contributed by atoms with van der Waals surface area (Å²) >= 11 is 0. The summed E-state index contributed by atoms with van der Waals surface area (Å²) in [4.78, 5) is 61.9. The van der Waals surface area contributed by atoms with E-state index >= 15 is 0 Å². The van der Waals surface area contributed by atoms with E-state index in [1.807, 2.05) is 36.5 Å². The summed E-state index contributed by atoms with van der Waals surface area (Å²) in [5.74, 6) is -1.50. The third-order valence-corrected chi connectivity index (χ3v) is 13.2. The van der Waals surface area contributed by atoms with E-state index in [0.29, 0.717) is 25.7 Å². The predicted octanol–water partition coefficient (Wildman–Crippen LogP) is 9.74. The molecule has 21 heteroatoms. The molecule has 19 nitrogen and oxygen atoms in total. The van der Waals surface area contributed by atoms with E-state index in [-0.39, 0.29) is 24.8 Å². The molecule has 2 unspecified atom stereocenters. The number of anilines is 1. The van der Waals surface area contributed by atoms with Crippen molar-refractivity contribution in [2.24, 2.45) is 0 Å². The Bertz CT molecular complexity index is 2250. The molecule has 1 aliphatic heterocycles. The van der Waals surface area contributed by atoms with E-state index in [2.05, 4.69) is 95.2 Å². The lowest BCUT2D eigenvalue weighted by atomic mass is 10.1. The molecule has 8 atom stereocenters. The summed E-state index contributed by atoms with van der Waals surface area (Å²) in [6.07, 6.45) is 45.8. The molecule has 2 heterocycles. The number of rotatable bonds is 40.